The van der Waals surface area contributed by atoms with Gasteiger partial charge >= 0.3 is 0 Å². The minimum absolute atomic E-state index is 0.0671. The van der Waals surface area contributed by atoms with E-state index in [4.69, 9.17) is 0 Å². The Labute approximate surface area is 93.0 Å². The topological polar surface area (TPSA) is 58.2 Å². The molecule has 0 spiro atoms. The van der Waals surface area contributed by atoms with Crippen molar-refractivity contribution in [2.24, 2.45) is 10.8 Å². The summed E-state index contributed by atoms with van der Waals surface area (Å²) < 4.78 is 28.4. The largest absolute Gasteiger partial charge is 0.277 e. The summed E-state index contributed by atoms with van der Waals surface area (Å²) in [5, 5.41) is 0. The third-order valence-corrected chi connectivity index (χ3v) is 3.89. The van der Waals surface area contributed by atoms with Crippen molar-refractivity contribution in [1.82, 2.24) is 9.44 Å². The Morgan fingerprint density at radius 3 is 1.27 bits per heavy atom. The summed E-state index contributed by atoms with van der Waals surface area (Å²) in [4.78, 5) is 0. The molecule has 0 aliphatic carbocycles. The van der Waals surface area contributed by atoms with Crippen LogP contribution < -0.4 is 9.44 Å². The number of hydrogen-bond acceptors (Lipinski definition) is 2. The van der Waals surface area contributed by atoms with Gasteiger partial charge in [0, 0.05) is 12.1 Å². The SMILES string of the molecule is CC(C)(C)C1NS(=O)(=O)NC1C(C)(C)C. The van der Waals surface area contributed by atoms with E-state index in [0.717, 1.165) is 0 Å². The predicted octanol–water partition coefficient (Wildman–Crippen LogP) is 1.25. The fourth-order valence-corrected chi connectivity index (χ4v) is 3.57. The van der Waals surface area contributed by atoms with Gasteiger partial charge in [-0.25, -0.2) is 0 Å². The number of rotatable bonds is 0. The normalized spacial score (nSPS) is 31.9. The summed E-state index contributed by atoms with van der Waals surface area (Å²) >= 11 is 0. The van der Waals surface area contributed by atoms with Gasteiger partial charge in [0.25, 0.3) is 10.2 Å². The average molecular weight is 234 g/mol. The van der Waals surface area contributed by atoms with Crippen LogP contribution in [0.1, 0.15) is 41.5 Å². The maximum Gasteiger partial charge on any atom is 0.277 e. The standard InChI is InChI=1S/C10H22N2O2S/c1-9(2,3)7-8(10(4,5)6)12-15(13,14)11-7/h7-8,11-12H,1-6H3. The molecule has 1 aliphatic rings. The molecule has 2 unspecified atom stereocenters. The van der Waals surface area contributed by atoms with Crippen LogP contribution in [0.2, 0.25) is 0 Å². The van der Waals surface area contributed by atoms with Gasteiger partial charge in [0.1, 0.15) is 0 Å². The van der Waals surface area contributed by atoms with Crippen molar-refractivity contribution in [2.45, 2.75) is 53.6 Å². The molecule has 0 amide bonds. The molecule has 90 valence electrons. The molecule has 1 heterocycles. The quantitative estimate of drug-likeness (QED) is 0.663. The number of nitrogens with one attached hydrogen (secondary N) is 2. The molecule has 1 saturated heterocycles. The molecular formula is C10H22N2O2S. The second-order valence-electron chi connectivity index (χ2n) is 6.43. The molecule has 1 aliphatic heterocycles. The molecule has 1 fully saturated rings. The monoisotopic (exact) mass is 234 g/mol. The van der Waals surface area contributed by atoms with E-state index in [1.165, 1.54) is 0 Å². The Bertz CT molecular complexity index is 307. The molecule has 0 aromatic carbocycles. The van der Waals surface area contributed by atoms with Crippen molar-refractivity contribution in [2.75, 3.05) is 0 Å². The highest BCUT2D eigenvalue weighted by Gasteiger charge is 2.47. The van der Waals surface area contributed by atoms with Gasteiger partial charge in [0.05, 0.1) is 0 Å². The highest BCUT2D eigenvalue weighted by Crippen LogP contribution is 2.34. The molecule has 2 N–H and O–H groups in total. The molecule has 0 aromatic rings. The van der Waals surface area contributed by atoms with Crippen molar-refractivity contribution in [3.63, 3.8) is 0 Å². The smallest absolute Gasteiger partial charge is 0.197 e. The Hall–Kier alpha value is -0.130. The molecular weight excluding hydrogens is 212 g/mol. The van der Waals surface area contributed by atoms with Gasteiger partial charge in [-0.1, -0.05) is 41.5 Å². The average Bonchev–Trinajstić information content (AvgIpc) is 2.23. The molecule has 2 atom stereocenters. The minimum atomic E-state index is -3.31. The van der Waals surface area contributed by atoms with Crippen molar-refractivity contribution in [3.05, 3.63) is 0 Å². The highest BCUT2D eigenvalue weighted by atomic mass is 32.2. The lowest BCUT2D eigenvalue weighted by Crippen LogP contribution is -2.50. The zero-order chi connectivity index (χ0) is 12.1. The Morgan fingerprint density at radius 2 is 1.07 bits per heavy atom. The Morgan fingerprint density at radius 1 is 0.800 bits per heavy atom. The molecule has 0 radical (unpaired) electrons. The van der Waals surface area contributed by atoms with Crippen LogP contribution in [0.25, 0.3) is 0 Å². The third-order valence-electron chi connectivity index (χ3n) is 2.76. The first-order valence-electron chi connectivity index (χ1n) is 5.23. The lowest BCUT2D eigenvalue weighted by Gasteiger charge is -2.37. The van der Waals surface area contributed by atoms with Crippen LogP contribution in [0.4, 0.5) is 0 Å². The van der Waals surface area contributed by atoms with Crippen LogP contribution in [0.15, 0.2) is 0 Å². The number of hydrogen-bond donors (Lipinski definition) is 2. The fourth-order valence-electron chi connectivity index (χ4n) is 1.86. The first-order chi connectivity index (χ1) is 6.43. The van der Waals surface area contributed by atoms with Gasteiger partial charge < -0.3 is 0 Å². The maximum absolute atomic E-state index is 11.5. The fraction of sp³-hybridized carbons (Fsp3) is 1.00. The Kier molecular flexibility index (Phi) is 2.96. The van der Waals surface area contributed by atoms with Crippen LogP contribution >= 0.6 is 0 Å². The summed E-state index contributed by atoms with van der Waals surface area (Å²) in [6.07, 6.45) is 0. The molecule has 5 heteroatoms. The summed E-state index contributed by atoms with van der Waals surface area (Å²) in [6.45, 7) is 12.3. The summed E-state index contributed by atoms with van der Waals surface area (Å²) in [6, 6.07) is -0.134. The zero-order valence-corrected chi connectivity index (χ0v) is 11.2. The predicted molar refractivity (Wildman–Crippen MR) is 61.7 cm³/mol. The van der Waals surface area contributed by atoms with Crippen LogP contribution in [0.3, 0.4) is 0 Å². The van der Waals surface area contributed by atoms with Crippen molar-refractivity contribution >= 4 is 10.2 Å². The summed E-state index contributed by atoms with van der Waals surface area (Å²) in [5.74, 6) is 0. The molecule has 1 rings (SSSR count). The molecule has 0 aromatic heterocycles. The van der Waals surface area contributed by atoms with Gasteiger partial charge in [-0.3, -0.25) is 0 Å². The van der Waals surface area contributed by atoms with Gasteiger partial charge in [0.2, 0.25) is 0 Å². The van der Waals surface area contributed by atoms with E-state index >= 15 is 0 Å². The Balaban J connectivity index is 3.06. The van der Waals surface area contributed by atoms with E-state index in [0.29, 0.717) is 0 Å². The zero-order valence-electron chi connectivity index (χ0n) is 10.4. The molecule has 15 heavy (non-hydrogen) atoms. The van der Waals surface area contributed by atoms with Crippen molar-refractivity contribution in [1.29, 1.82) is 0 Å². The minimum Gasteiger partial charge on any atom is -0.197 e. The van der Waals surface area contributed by atoms with E-state index in [2.05, 4.69) is 9.44 Å². The van der Waals surface area contributed by atoms with E-state index in [9.17, 15) is 8.42 Å². The van der Waals surface area contributed by atoms with Crippen molar-refractivity contribution < 1.29 is 8.42 Å². The van der Waals surface area contributed by atoms with E-state index in [1.807, 2.05) is 41.5 Å². The van der Waals surface area contributed by atoms with Gasteiger partial charge in [-0.2, -0.15) is 17.9 Å². The van der Waals surface area contributed by atoms with E-state index < -0.39 is 10.2 Å². The molecule has 0 bridgehead atoms. The second-order valence-corrected chi connectivity index (χ2v) is 7.90. The lowest BCUT2D eigenvalue weighted by molar-refractivity contribution is 0.184. The van der Waals surface area contributed by atoms with Crippen LogP contribution in [0.5, 0.6) is 0 Å². The van der Waals surface area contributed by atoms with Crippen LogP contribution in [-0.2, 0) is 10.2 Å². The van der Waals surface area contributed by atoms with E-state index in [1.54, 1.807) is 0 Å². The second kappa shape index (κ2) is 3.43. The van der Waals surface area contributed by atoms with Gasteiger partial charge in [-0.15, -0.1) is 0 Å². The highest BCUT2D eigenvalue weighted by molar-refractivity contribution is 7.87. The molecule has 4 nitrogen and oxygen atoms in total. The third kappa shape index (κ3) is 2.92. The lowest BCUT2D eigenvalue weighted by atomic mass is 9.74. The van der Waals surface area contributed by atoms with E-state index in [-0.39, 0.29) is 22.9 Å². The van der Waals surface area contributed by atoms with Crippen LogP contribution in [-0.4, -0.2) is 20.5 Å². The van der Waals surface area contributed by atoms with Gasteiger partial charge in [-0.05, 0) is 10.8 Å². The maximum atomic E-state index is 11.5. The van der Waals surface area contributed by atoms with Crippen LogP contribution in [0, 0.1) is 10.8 Å². The van der Waals surface area contributed by atoms with Gasteiger partial charge in [0.15, 0.2) is 0 Å². The molecule has 0 saturated carbocycles. The summed E-state index contributed by atoms with van der Waals surface area (Å²) in [7, 11) is -3.31. The van der Waals surface area contributed by atoms with Crippen molar-refractivity contribution in [3.8, 4) is 0 Å². The first-order valence-corrected chi connectivity index (χ1v) is 6.71. The summed E-state index contributed by atoms with van der Waals surface area (Å²) in [5.41, 5.74) is -0.178. The first kappa shape index (κ1) is 12.9.